The Morgan fingerprint density at radius 1 is 0.943 bits per heavy atom. The van der Waals surface area contributed by atoms with Crippen molar-refractivity contribution in [2.24, 2.45) is 0 Å². The molecule has 0 atom stereocenters. The molecule has 1 aliphatic carbocycles. The fourth-order valence-electron chi connectivity index (χ4n) is 5.13. The fraction of sp³-hybridized carbons (Fsp3) is 0.400. The molecule has 5 rings (SSSR count). The lowest BCUT2D eigenvalue weighted by molar-refractivity contribution is 0.0995. The highest BCUT2D eigenvalue weighted by molar-refractivity contribution is 7.22. The molecular weight excluding hydrogens is 452 g/mol. The van der Waals surface area contributed by atoms with E-state index in [4.69, 9.17) is 4.42 Å². The van der Waals surface area contributed by atoms with E-state index in [0.717, 1.165) is 16.0 Å². The molecule has 0 fully saturated rings. The molecule has 5 heteroatoms. The van der Waals surface area contributed by atoms with E-state index >= 15 is 0 Å². The van der Waals surface area contributed by atoms with Gasteiger partial charge in [0.1, 0.15) is 5.76 Å². The van der Waals surface area contributed by atoms with E-state index in [1.54, 1.807) is 6.07 Å². The van der Waals surface area contributed by atoms with Gasteiger partial charge in [-0.1, -0.05) is 51.2 Å². The van der Waals surface area contributed by atoms with Gasteiger partial charge in [-0.05, 0) is 102 Å². The average molecular weight is 487 g/mol. The maximum Gasteiger partial charge on any atom is 0.293 e. The minimum Gasteiger partial charge on any atom is -0.456 e. The second-order valence-corrected chi connectivity index (χ2v) is 12.4. The highest BCUT2D eigenvalue weighted by Gasteiger charge is 2.37. The number of aromatic nitrogens is 1. The molecule has 0 saturated carbocycles. The Balaban J connectivity index is 1.36. The molecule has 0 unspecified atom stereocenters. The Labute approximate surface area is 211 Å². The Kier molecular flexibility index (Phi) is 5.67. The number of hydrogen-bond acceptors (Lipinski definition) is 4. The Morgan fingerprint density at radius 2 is 1.60 bits per heavy atom. The first kappa shape index (κ1) is 23.8. The van der Waals surface area contributed by atoms with Crippen LogP contribution >= 0.6 is 11.3 Å². The molecule has 2 aromatic heterocycles. The van der Waals surface area contributed by atoms with Crippen LogP contribution in [0.1, 0.15) is 90.2 Å². The number of amides is 1. The number of aryl methyl sites for hydroxylation is 3. The maximum atomic E-state index is 12.9. The predicted octanol–water partition coefficient (Wildman–Crippen LogP) is 8.01. The van der Waals surface area contributed by atoms with Crippen molar-refractivity contribution < 1.29 is 9.21 Å². The van der Waals surface area contributed by atoms with Gasteiger partial charge in [0.05, 0.1) is 10.2 Å². The number of anilines is 1. The Hall–Kier alpha value is -2.92. The lowest BCUT2D eigenvalue weighted by Crippen LogP contribution is -2.34. The van der Waals surface area contributed by atoms with Crippen LogP contribution in [0.15, 0.2) is 40.8 Å². The maximum absolute atomic E-state index is 12.9. The zero-order valence-electron chi connectivity index (χ0n) is 21.8. The summed E-state index contributed by atoms with van der Waals surface area (Å²) in [7, 11) is 0. The van der Waals surface area contributed by atoms with Crippen molar-refractivity contribution in [2.75, 3.05) is 5.32 Å². The highest BCUT2D eigenvalue weighted by Crippen LogP contribution is 2.46. The minimum atomic E-state index is -0.270. The van der Waals surface area contributed by atoms with Crippen molar-refractivity contribution >= 4 is 32.6 Å². The number of nitrogens with one attached hydrogen (secondary N) is 1. The normalized spacial score (nSPS) is 16.3. The van der Waals surface area contributed by atoms with Gasteiger partial charge in [0.25, 0.3) is 5.91 Å². The SMILES string of the molecule is Cc1cc2nc(NC(=O)c3ccc(Cc4cc5c(cc4C)C(C)(C)CCC5(C)C)o3)sc2cc1C. The molecule has 4 nitrogen and oxygen atoms in total. The summed E-state index contributed by atoms with van der Waals surface area (Å²) in [6, 6.07) is 12.6. The average Bonchev–Trinajstić information content (AvgIpc) is 3.39. The number of thiazole rings is 1. The van der Waals surface area contributed by atoms with Crippen LogP contribution in [0.5, 0.6) is 0 Å². The van der Waals surface area contributed by atoms with E-state index in [-0.39, 0.29) is 16.7 Å². The molecule has 1 aliphatic rings. The first-order valence-corrected chi connectivity index (χ1v) is 13.2. The van der Waals surface area contributed by atoms with Gasteiger partial charge in [0.2, 0.25) is 0 Å². The van der Waals surface area contributed by atoms with Crippen molar-refractivity contribution in [3.05, 3.63) is 81.3 Å². The van der Waals surface area contributed by atoms with Gasteiger partial charge >= 0.3 is 0 Å². The van der Waals surface area contributed by atoms with E-state index in [9.17, 15) is 4.79 Å². The topological polar surface area (TPSA) is 55.1 Å². The molecule has 35 heavy (non-hydrogen) atoms. The molecule has 182 valence electrons. The van der Waals surface area contributed by atoms with Crippen LogP contribution in [0.3, 0.4) is 0 Å². The highest BCUT2D eigenvalue weighted by atomic mass is 32.1. The van der Waals surface area contributed by atoms with Crippen LogP contribution in [0.2, 0.25) is 0 Å². The van der Waals surface area contributed by atoms with Crippen LogP contribution < -0.4 is 5.32 Å². The summed E-state index contributed by atoms with van der Waals surface area (Å²) in [6.07, 6.45) is 3.06. The first-order chi connectivity index (χ1) is 16.4. The van der Waals surface area contributed by atoms with Gasteiger partial charge in [0, 0.05) is 6.42 Å². The van der Waals surface area contributed by atoms with Crippen LogP contribution in [-0.2, 0) is 17.3 Å². The summed E-state index contributed by atoms with van der Waals surface area (Å²) < 4.78 is 7.06. The third-order valence-corrected chi connectivity index (χ3v) is 8.72. The summed E-state index contributed by atoms with van der Waals surface area (Å²) in [5, 5.41) is 3.50. The van der Waals surface area contributed by atoms with Crippen LogP contribution in [0.25, 0.3) is 10.2 Å². The molecule has 0 spiro atoms. The summed E-state index contributed by atoms with van der Waals surface area (Å²) in [4.78, 5) is 17.4. The van der Waals surface area contributed by atoms with Gasteiger partial charge in [-0.15, -0.1) is 0 Å². The fourth-order valence-corrected chi connectivity index (χ4v) is 6.07. The smallest absolute Gasteiger partial charge is 0.293 e. The zero-order valence-corrected chi connectivity index (χ0v) is 22.6. The second kappa shape index (κ2) is 8.34. The molecule has 1 N–H and O–H groups in total. The number of carbonyl (C=O) groups excluding carboxylic acids is 1. The van der Waals surface area contributed by atoms with Crippen LogP contribution in [0.4, 0.5) is 5.13 Å². The lowest BCUT2D eigenvalue weighted by Gasteiger charge is -2.42. The minimum absolute atomic E-state index is 0.163. The number of benzene rings is 2. The molecule has 0 bridgehead atoms. The van der Waals surface area contributed by atoms with Crippen molar-refractivity contribution in [3.8, 4) is 0 Å². The Morgan fingerprint density at radius 3 is 2.31 bits per heavy atom. The number of rotatable bonds is 4. The largest absolute Gasteiger partial charge is 0.456 e. The van der Waals surface area contributed by atoms with Gasteiger partial charge in [-0.25, -0.2) is 4.98 Å². The second-order valence-electron chi connectivity index (χ2n) is 11.4. The quantitative estimate of drug-likeness (QED) is 0.318. The molecule has 4 aromatic rings. The molecule has 0 radical (unpaired) electrons. The molecule has 0 aliphatic heterocycles. The van der Waals surface area contributed by atoms with Gasteiger partial charge in [-0.3, -0.25) is 10.1 Å². The number of furan rings is 1. The lowest BCUT2D eigenvalue weighted by atomic mass is 9.62. The molecule has 1 amide bonds. The van der Waals surface area contributed by atoms with Crippen molar-refractivity contribution in [3.63, 3.8) is 0 Å². The van der Waals surface area contributed by atoms with E-state index in [1.807, 2.05) is 6.07 Å². The molecular formula is C30H34N2O2S. The van der Waals surface area contributed by atoms with Crippen LogP contribution in [0, 0.1) is 20.8 Å². The van der Waals surface area contributed by atoms with Crippen molar-refractivity contribution in [1.82, 2.24) is 4.98 Å². The van der Waals surface area contributed by atoms with Gasteiger partial charge in [0.15, 0.2) is 10.9 Å². The summed E-state index contributed by atoms with van der Waals surface area (Å²) in [5.74, 6) is 0.833. The number of nitrogens with zero attached hydrogens (tertiary/aromatic N) is 1. The third kappa shape index (κ3) is 4.42. The third-order valence-electron chi connectivity index (χ3n) is 7.78. The van der Waals surface area contributed by atoms with Crippen LogP contribution in [-0.4, -0.2) is 10.9 Å². The van der Waals surface area contributed by atoms with Crippen molar-refractivity contribution in [2.45, 2.75) is 78.6 Å². The van der Waals surface area contributed by atoms with E-state index in [2.05, 4.69) is 83.0 Å². The van der Waals surface area contributed by atoms with E-state index in [1.165, 1.54) is 57.6 Å². The monoisotopic (exact) mass is 486 g/mol. The molecule has 2 heterocycles. The number of fused-ring (bicyclic) bond motifs is 2. The molecule has 2 aromatic carbocycles. The number of carbonyl (C=O) groups is 1. The van der Waals surface area contributed by atoms with Gasteiger partial charge < -0.3 is 4.42 Å². The summed E-state index contributed by atoms with van der Waals surface area (Å²) in [6.45, 7) is 15.7. The molecule has 0 saturated heterocycles. The van der Waals surface area contributed by atoms with E-state index in [0.29, 0.717) is 17.3 Å². The predicted molar refractivity (Wildman–Crippen MR) is 145 cm³/mol. The van der Waals surface area contributed by atoms with Crippen molar-refractivity contribution in [1.29, 1.82) is 0 Å². The summed E-state index contributed by atoms with van der Waals surface area (Å²) in [5.41, 5.74) is 9.13. The first-order valence-electron chi connectivity index (χ1n) is 12.4. The number of hydrogen-bond donors (Lipinski definition) is 1. The van der Waals surface area contributed by atoms with Gasteiger partial charge in [-0.2, -0.15) is 0 Å². The zero-order chi connectivity index (χ0) is 25.1. The Bertz CT molecular complexity index is 1420. The van der Waals surface area contributed by atoms with E-state index < -0.39 is 0 Å². The standard InChI is InChI=1S/C30H34N2O2S/c1-17-13-24-26(14-18(17)2)35-28(31-24)32-27(33)25-9-8-21(34-25)15-20-16-23-22(12-19(20)3)29(4,5)10-11-30(23,6)7/h8-9,12-14,16H,10-11,15H2,1-7H3,(H,31,32,33). The summed E-state index contributed by atoms with van der Waals surface area (Å²) >= 11 is 1.48.